The van der Waals surface area contributed by atoms with E-state index in [9.17, 15) is 4.79 Å². The average Bonchev–Trinajstić information content (AvgIpc) is 2.29. The van der Waals surface area contributed by atoms with Gasteiger partial charge in [0.15, 0.2) is 0 Å². The van der Waals surface area contributed by atoms with E-state index in [1.165, 1.54) is 12.8 Å². The van der Waals surface area contributed by atoms with E-state index >= 15 is 0 Å². The zero-order valence-corrected chi connectivity index (χ0v) is 11.4. The summed E-state index contributed by atoms with van der Waals surface area (Å²) in [5.74, 6) is 0.736. The Morgan fingerprint density at radius 1 is 1.44 bits per heavy atom. The van der Waals surface area contributed by atoms with Crippen LogP contribution in [0.4, 0.5) is 0 Å². The van der Waals surface area contributed by atoms with Gasteiger partial charge in [-0.25, -0.2) is 0 Å². The number of hydrogen-bond donors (Lipinski definition) is 2. The average molecular weight is 249 g/mol. The van der Waals surface area contributed by atoms with Crippen molar-refractivity contribution < 1.29 is 4.79 Å². The minimum atomic E-state index is 0. The Labute approximate surface area is 105 Å². The van der Waals surface area contributed by atoms with Crippen LogP contribution in [0.3, 0.4) is 0 Å². The van der Waals surface area contributed by atoms with Crippen molar-refractivity contribution in [3.8, 4) is 0 Å². The smallest absolute Gasteiger partial charge is 0.237 e. The highest BCUT2D eigenvalue weighted by molar-refractivity contribution is 5.85. The fourth-order valence-electron chi connectivity index (χ4n) is 1.90. The zero-order valence-electron chi connectivity index (χ0n) is 10.6. The highest BCUT2D eigenvalue weighted by Gasteiger charge is 2.22. The molecule has 1 amide bonds. The van der Waals surface area contributed by atoms with Crippen LogP contribution in [0, 0.1) is 5.92 Å². The molecule has 0 bridgehead atoms. The van der Waals surface area contributed by atoms with Crippen molar-refractivity contribution in [2.24, 2.45) is 5.92 Å². The highest BCUT2D eigenvalue weighted by atomic mass is 35.5. The maximum absolute atomic E-state index is 11.9. The number of piperidine rings is 1. The van der Waals surface area contributed by atoms with Crippen LogP contribution in [0.1, 0.15) is 46.5 Å². The van der Waals surface area contributed by atoms with Crippen LogP contribution < -0.4 is 10.6 Å². The van der Waals surface area contributed by atoms with Gasteiger partial charge in [0.25, 0.3) is 0 Å². The predicted octanol–water partition coefficient (Wildman–Crippen LogP) is 2.10. The molecule has 1 saturated heterocycles. The van der Waals surface area contributed by atoms with Gasteiger partial charge in [0.05, 0.1) is 6.04 Å². The first-order valence-corrected chi connectivity index (χ1v) is 6.19. The lowest BCUT2D eigenvalue weighted by Gasteiger charge is -2.26. The summed E-state index contributed by atoms with van der Waals surface area (Å²) in [5.41, 5.74) is 0. The third-order valence-corrected chi connectivity index (χ3v) is 3.49. The summed E-state index contributed by atoms with van der Waals surface area (Å²) in [5, 5.41) is 6.37. The van der Waals surface area contributed by atoms with Gasteiger partial charge in [0, 0.05) is 6.04 Å². The molecule has 96 valence electrons. The van der Waals surface area contributed by atoms with Crippen LogP contribution in [0.25, 0.3) is 0 Å². The summed E-state index contributed by atoms with van der Waals surface area (Å²) in [6, 6.07) is 0.330. The zero-order chi connectivity index (χ0) is 11.3. The normalized spacial score (nSPS) is 24.1. The maximum Gasteiger partial charge on any atom is 0.237 e. The van der Waals surface area contributed by atoms with E-state index < -0.39 is 0 Å². The van der Waals surface area contributed by atoms with Crippen molar-refractivity contribution in [1.29, 1.82) is 0 Å². The molecule has 2 N–H and O–H groups in total. The van der Waals surface area contributed by atoms with Gasteiger partial charge in [0.1, 0.15) is 0 Å². The lowest BCUT2D eigenvalue weighted by Crippen LogP contribution is -2.50. The second-order valence-corrected chi connectivity index (χ2v) is 4.69. The lowest BCUT2D eigenvalue weighted by molar-refractivity contribution is -0.124. The SMILES string of the molecule is CCC(C)C(C)NC(=O)C1CCCCN1.Cl. The van der Waals surface area contributed by atoms with Gasteiger partial charge in [-0.15, -0.1) is 12.4 Å². The molecule has 3 atom stereocenters. The van der Waals surface area contributed by atoms with Crippen molar-refractivity contribution in [2.75, 3.05) is 6.54 Å². The lowest BCUT2D eigenvalue weighted by atomic mass is 9.99. The van der Waals surface area contributed by atoms with Gasteiger partial charge in [0.2, 0.25) is 5.91 Å². The van der Waals surface area contributed by atoms with Crippen molar-refractivity contribution in [3.05, 3.63) is 0 Å². The van der Waals surface area contributed by atoms with Crippen molar-refractivity contribution in [3.63, 3.8) is 0 Å². The van der Waals surface area contributed by atoms with E-state index in [2.05, 4.69) is 31.4 Å². The number of rotatable bonds is 4. The van der Waals surface area contributed by atoms with Crippen LogP contribution in [0.2, 0.25) is 0 Å². The Balaban J connectivity index is 0.00000225. The molecule has 0 radical (unpaired) electrons. The molecule has 0 aromatic heterocycles. The summed E-state index contributed by atoms with van der Waals surface area (Å²) >= 11 is 0. The molecule has 0 spiro atoms. The largest absolute Gasteiger partial charge is 0.352 e. The summed E-state index contributed by atoms with van der Waals surface area (Å²) in [6.07, 6.45) is 4.46. The van der Waals surface area contributed by atoms with E-state index in [0.29, 0.717) is 5.92 Å². The minimum Gasteiger partial charge on any atom is -0.352 e. The first kappa shape index (κ1) is 15.7. The molecule has 1 rings (SSSR count). The van der Waals surface area contributed by atoms with E-state index in [-0.39, 0.29) is 30.4 Å². The molecule has 3 nitrogen and oxygen atoms in total. The standard InChI is InChI=1S/C12H24N2O.ClH/c1-4-9(2)10(3)14-12(15)11-7-5-6-8-13-11;/h9-11,13H,4-8H2,1-3H3,(H,14,15);1H. The van der Waals surface area contributed by atoms with E-state index in [4.69, 9.17) is 0 Å². The van der Waals surface area contributed by atoms with Gasteiger partial charge < -0.3 is 10.6 Å². The van der Waals surface area contributed by atoms with E-state index in [1.54, 1.807) is 0 Å². The third kappa shape index (κ3) is 4.71. The molecule has 0 aliphatic carbocycles. The summed E-state index contributed by atoms with van der Waals surface area (Å²) in [7, 11) is 0. The maximum atomic E-state index is 11.9. The van der Waals surface area contributed by atoms with Gasteiger partial charge >= 0.3 is 0 Å². The van der Waals surface area contributed by atoms with Gasteiger partial charge in [-0.05, 0) is 32.2 Å². The van der Waals surface area contributed by atoms with Crippen LogP contribution in [-0.4, -0.2) is 24.5 Å². The summed E-state index contributed by atoms with van der Waals surface area (Å²) in [4.78, 5) is 11.9. The van der Waals surface area contributed by atoms with Crippen LogP contribution >= 0.6 is 12.4 Å². The second-order valence-electron chi connectivity index (χ2n) is 4.69. The number of carbonyl (C=O) groups is 1. The molecular formula is C12H25ClN2O. The topological polar surface area (TPSA) is 41.1 Å². The quantitative estimate of drug-likeness (QED) is 0.800. The number of amides is 1. The number of carbonyl (C=O) groups excluding carboxylic acids is 1. The molecule has 3 unspecified atom stereocenters. The molecule has 1 heterocycles. The van der Waals surface area contributed by atoms with E-state index in [0.717, 1.165) is 19.4 Å². The molecule has 0 saturated carbocycles. The van der Waals surface area contributed by atoms with Crippen molar-refractivity contribution in [1.82, 2.24) is 10.6 Å². The minimum absolute atomic E-state index is 0. The molecule has 1 aliphatic rings. The number of nitrogens with one attached hydrogen (secondary N) is 2. The fraction of sp³-hybridized carbons (Fsp3) is 0.917. The molecule has 0 aromatic rings. The Bertz CT molecular complexity index is 205. The Kier molecular flexibility index (Phi) is 7.77. The van der Waals surface area contributed by atoms with E-state index in [1.807, 2.05) is 0 Å². The number of halogens is 1. The van der Waals surface area contributed by atoms with Gasteiger partial charge in [-0.3, -0.25) is 4.79 Å². The monoisotopic (exact) mass is 248 g/mol. The second kappa shape index (κ2) is 7.91. The first-order valence-electron chi connectivity index (χ1n) is 6.19. The highest BCUT2D eigenvalue weighted by Crippen LogP contribution is 2.10. The Morgan fingerprint density at radius 3 is 2.62 bits per heavy atom. The number of hydrogen-bond acceptors (Lipinski definition) is 2. The Morgan fingerprint density at radius 2 is 2.12 bits per heavy atom. The Hall–Kier alpha value is -0.280. The molecule has 1 aliphatic heterocycles. The first-order chi connectivity index (χ1) is 7.15. The predicted molar refractivity (Wildman–Crippen MR) is 69.9 cm³/mol. The van der Waals surface area contributed by atoms with Crippen molar-refractivity contribution in [2.45, 2.75) is 58.5 Å². The van der Waals surface area contributed by atoms with Crippen LogP contribution in [0.5, 0.6) is 0 Å². The molecule has 0 aromatic carbocycles. The summed E-state index contributed by atoms with van der Waals surface area (Å²) < 4.78 is 0. The molecule has 4 heteroatoms. The van der Waals surface area contributed by atoms with Crippen LogP contribution in [0.15, 0.2) is 0 Å². The summed E-state index contributed by atoms with van der Waals surface area (Å²) in [6.45, 7) is 7.41. The van der Waals surface area contributed by atoms with Gasteiger partial charge in [-0.1, -0.05) is 26.7 Å². The third-order valence-electron chi connectivity index (χ3n) is 3.49. The molecular weight excluding hydrogens is 224 g/mol. The van der Waals surface area contributed by atoms with Crippen LogP contribution in [-0.2, 0) is 4.79 Å². The molecule has 1 fully saturated rings. The molecule has 16 heavy (non-hydrogen) atoms. The van der Waals surface area contributed by atoms with Crippen molar-refractivity contribution >= 4 is 18.3 Å². The van der Waals surface area contributed by atoms with Gasteiger partial charge in [-0.2, -0.15) is 0 Å². The fourth-order valence-corrected chi connectivity index (χ4v) is 1.90.